The molecule has 156 valence electrons. The second-order valence-corrected chi connectivity index (χ2v) is 8.76. The maximum absolute atomic E-state index is 13.1. The average Bonchev–Trinajstić information content (AvgIpc) is 2.76. The summed E-state index contributed by atoms with van der Waals surface area (Å²) in [4.78, 5) is 38.6. The summed E-state index contributed by atoms with van der Waals surface area (Å²) in [7, 11) is -2.56. The Balaban J connectivity index is 1.73. The zero-order valence-electron chi connectivity index (χ0n) is 16.7. The van der Waals surface area contributed by atoms with Gasteiger partial charge in [-0.1, -0.05) is 36.4 Å². The normalized spacial score (nSPS) is 12.7. The molecule has 0 heterocycles. The van der Waals surface area contributed by atoms with Crippen LogP contribution in [0.4, 0.5) is 11.4 Å². The largest absolute Gasteiger partial charge is 0.316 e. The molecule has 8 heteroatoms. The number of rotatable bonds is 4. The fourth-order valence-corrected chi connectivity index (χ4v) is 4.77. The second-order valence-electron chi connectivity index (χ2n) is 7.11. The van der Waals surface area contributed by atoms with Gasteiger partial charge in [-0.15, -0.1) is 0 Å². The van der Waals surface area contributed by atoms with Crippen LogP contribution in [0, 0.1) is 0 Å². The van der Waals surface area contributed by atoms with Gasteiger partial charge >= 0.3 is 0 Å². The van der Waals surface area contributed by atoms with Crippen LogP contribution in [-0.2, 0) is 14.8 Å². The number of fused-ring (bicyclic) bond motifs is 2. The Labute approximate surface area is 179 Å². The zero-order chi connectivity index (χ0) is 22.3. The average molecular weight is 434 g/mol. The van der Waals surface area contributed by atoms with E-state index in [1.165, 1.54) is 48.2 Å². The molecule has 0 aliphatic heterocycles. The SMILES string of the molecule is CC(=O)N(C)c1ccc(NS(=O)(=O)c2cccc3c2C(=O)c2ccccc2C3=O)cc1. The maximum Gasteiger partial charge on any atom is 0.262 e. The third-order valence-corrected chi connectivity index (χ3v) is 6.61. The molecule has 0 saturated carbocycles. The monoisotopic (exact) mass is 434 g/mol. The maximum atomic E-state index is 13.1. The van der Waals surface area contributed by atoms with E-state index in [1.807, 2.05) is 0 Å². The van der Waals surface area contributed by atoms with Crippen molar-refractivity contribution in [3.05, 3.63) is 89.0 Å². The molecule has 0 fully saturated rings. The number of hydrogen-bond donors (Lipinski definition) is 1. The Morgan fingerprint density at radius 1 is 0.806 bits per heavy atom. The van der Waals surface area contributed by atoms with Gasteiger partial charge in [0.2, 0.25) is 5.91 Å². The summed E-state index contributed by atoms with van der Waals surface area (Å²) in [5.74, 6) is -1.06. The van der Waals surface area contributed by atoms with Crippen LogP contribution in [0.15, 0.2) is 71.6 Å². The van der Waals surface area contributed by atoms with Crippen LogP contribution in [0.3, 0.4) is 0 Å². The highest BCUT2D eigenvalue weighted by Crippen LogP contribution is 2.32. The number of anilines is 2. The van der Waals surface area contributed by atoms with Crippen molar-refractivity contribution < 1.29 is 22.8 Å². The Bertz CT molecular complexity index is 1340. The minimum atomic E-state index is -4.17. The van der Waals surface area contributed by atoms with Crippen molar-refractivity contribution >= 4 is 38.9 Å². The van der Waals surface area contributed by atoms with Crippen LogP contribution >= 0.6 is 0 Å². The molecule has 1 aliphatic carbocycles. The molecule has 0 radical (unpaired) electrons. The third kappa shape index (κ3) is 3.51. The van der Waals surface area contributed by atoms with Crippen LogP contribution in [0.5, 0.6) is 0 Å². The van der Waals surface area contributed by atoms with Crippen molar-refractivity contribution in [2.24, 2.45) is 0 Å². The van der Waals surface area contributed by atoms with Crippen LogP contribution in [0.25, 0.3) is 0 Å². The molecular formula is C23H18N2O5S. The van der Waals surface area contributed by atoms with Gasteiger partial charge in [-0.2, -0.15) is 0 Å². The number of ketones is 2. The zero-order valence-corrected chi connectivity index (χ0v) is 17.6. The molecule has 1 N–H and O–H groups in total. The molecule has 1 amide bonds. The summed E-state index contributed by atoms with van der Waals surface area (Å²) in [5, 5.41) is 0. The Hall–Kier alpha value is -3.78. The minimum Gasteiger partial charge on any atom is -0.316 e. The first-order valence-electron chi connectivity index (χ1n) is 9.39. The van der Waals surface area contributed by atoms with Gasteiger partial charge in [0.05, 0.1) is 10.5 Å². The molecule has 31 heavy (non-hydrogen) atoms. The number of nitrogens with zero attached hydrogens (tertiary/aromatic N) is 1. The minimum absolute atomic E-state index is 0.0602. The molecule has 0 atom stereocenters. The van der Waals surface area contributed by atoms with Crippen LogP contribution in [0.2, 0.25) is 0 Å². The van der Waals surface area contributed by atoms with E-state index >= 15 is 0 Å². The van der Waals surface area contributed by atoms with E-state index in [1.54, 1.807) is 37.4 Å². The second kappa shape index (κ2) is 7.48. The van der Waals surface area contributed by atoms with Gasteiger partial charge in [0, 0.05) is 42.0 Å². The fourth-order valence-electron chi connectivity index (χ4n) is 3.48. The highest BCUT2D eigenvalue weighted by atomic mass is 32.2. The number of sulfonamides is 1. The van der Waals surface area contributed by atoms with E-state index in [2.05, 4.69) is 4.72 Å². The summed E-state index contributed by atoms with van der Waals surface area (Å²) >= 11 is 0. The number of nitrogens with one attached hydrogen (secondary N) is 1. The van der Waals surface area contributed by atoms with Crippen molar-refractivity contribution in [3.8, 4) is 0 Å². The summed E-state index contributed by atoms with van der Waals surface area (Å²) in [6.07, 6.45) is 0. The number of benzene rings is 3. The van der Waals surface area contributed by atoms with Gasteiger partial charge in [-0.05, 0) is 30.3 Å². The Morgan fingerprint density at radius 2 is 1.39 bits per heavy atom. The van der Waals surface area contributed by atoms with E-state index in [0.29, 0.717) is 5.69 Å². The summed E-state index contributed by atoms with van der Waals surface area (Å²) in [6.45, 7) is 1.42. The first-order chi connectivity index (χ1) is 14.7. The lowest BCUT2D eigenvalue weighted by atomic mass is 9.84. The van der Waals surface area contributed by atoms with Crippen LogP contribution in [0.1, 0.15) is 38.8 Å². The third-order valence-electron chi connectivity index (χ3n) is 5.18. The van der Waals surface area contributed by atoms with Gasteiger partial charge in [-0.25, -0.2) is 8.42 Å². The van der Waals surface area contributed by atoms with Crippen molar-refractivity contribution in [1.82, 2.24) is 0 Å². The lowest BCUT2D eigenvalue weighted by Gasteiger charge is -2.20. The molecule has 0 bridgehead atoms. The van der Waals surface area contributed by atoms with Crippen molar-refractivity contribution in [2.45, 2.75) is 11.8 Å². The smallest absolute Gasteiger partial charge is 0.262 e. The standard InChI is InChI=1S/C23H18N2O5S/c1-14(26)25(2)16-12-10-15(11-13-16)24-31(29,30)20-9-5-8-19-21(20)23(28)18-7-4-3-6-17(18)22(19)27/h3-13,24H,1-2H3. The van der Waals surface area contributed by atoms with E-state index in [-0.39, 0.29) is 44.5 Å². The number of carbonyl (C=O) groups is 3. The molecule has 0 saturated heterocycles. The number of carbonyl (C=O) groups excluding carboxylic acids is 3. The number of amides is 1. The summed E-state index contributed by atoms with van der Waals surface area (Å²) < 4.78 is 28.7. The molecule has 3 aromatic carbocycles. The van der Waals surface area contributed by atoms with Crippen molar-refractivity contribution in [1.29, 1.82) is 0 Å². The molecule has 3 aromatic rings. The lowest BCUT2D eigenvalue weighted by Crippen LogP contribution is -2.25. The summed E-state index contributed by atoms with van der Waals surface area (Å²) in [6, 6.07) is 16.8. The van der Waals surface area contributed by atoms with Gasteiger partial charge < -0.3 is 4.90 Å². The van der Waals surface area contributed by atoms with Crippen LogP contribution in [-0.4, -0.2) is 32.9 Å². The Morgan fingerprint density at radius 3 is 2.00 bits per heavy atom. The van der Waals surface area contributed by atoms with Crippen molar-refractivity contribution in [3.63, 3.8) is 0 Å². The molecule has 4 rings (SSSR count). The predicted octanol–water partition coefficient (Wildman–Crippen LogP) is 3.25. The quantitative estimate of drug-likeness (QED) is 0.531. The van der Waals surface area contributed by atoms with Crippen molar-refractivity contribution in [2.75, 3.05) is 16.7 Å². The Kier molecular flexibility index (Phi) is 4.94. The van der Waals surface area contributed by atoms with E-state index in [9.17, 15) is 22.8 Å². The van der Waals surface area contributed by atoms with E-state index in [0.717, 1.165) is 0 Å². The van der Waals surface area contributed by atoms with Gasteiger partial charge in [0.1, 0.15) is 0 Å². The first-order valence-corrected chi connectivity index (χ1v) is 10.9. The number of hydrogen-bond acceptors (Lipinski definition) is 5. The van der Waals surface area contributed by atoms with E-state index in [4.69, 9.17) is 0 Å². The molecular weight excluding hydrogens is 416 g/mol. The highest BCUT2D eigenvalue weighted by Gasteiger charge is 2.34. The predicted molar refractivity (Wildman–Crippen MR) is 116 cm³/mol. The van der Waals surface area contributed by atoms with Gasteiger partial charge in [0.15, 0.2) is 11.6 Å². The molecule has 0 unspecified atom stereocenters. The molecule has 0 spiro atoms. The molecule has 1 aliphatic rings. The fraction of sp³-hybridized carbons (Fsp3) is 0.0870. The first kappa shape index (κ1) is 20.5. The molecule has 7 nitrogen and oxygen atoms in total. The van der Waals surface area contributed by atoms with Gasteiger partial charge in [0.25, 0.3) is 10.0 Å². The molecule has 0 aromatic heterocycles. The lowest BCUT2D eigenvalue weighted by molar-refractivity contribution is -0.116. The topological polar surface area (TPSA) is 101 Å². The summed E-state index contributed by atoms with van der Waals surface area (Å²) in [5.41, 5.74) is 1.22. The van der Waals surface area contributed by atoms with Crippen LogP contribution < -0.4 is 9.62 Å². The van der Waals surface area contributed by atoms with E-state index < -0.39 is 15.8 Å². The van der Waals surface area contributed by atoms with Gasteiger partial charge in [-0.3, -0.25) is 19.1 Å². The highest BCUT2D eigenvalue weighted by molar-refractivity contribution is 7.92.